The van der Waals surface area contributed by atoms with Gasteiger partial charge in [-0.25, -0.2) is 0 Å². The van der Waals surface area contributed by atoms with Gasteiger partial charge in [0.15, 0.2) is 0 Å². The van der Waals surface area contributed by atoms with Gasteiger partial charge in [0.2, 0.25) is 0 Å². The molecule has 3 aromatic rings. The van der Waals surface area contributed by atoms with Gasteiger partial charge in [-0.15, -0.1) is 0 Å². The Kier molecular flexibility index (Phi) is 4.21. The standard InChI is InChI=1S/C19H17Cl2N3/c20-14-1-4-16(5-2-14)23-9-11-24(12-10-23)19-7-8-22-18-13-15(21)3-6-17(18)19/h1-8,13H,9-12H2. The highest BCUT2D eigenvalue weighted by atomic mass is 35.5. The van der Waals surface area contributed by atoms with Gasteiger partial charge >= 0.3 is 0 Å². The molecule has 0 amide bonds. The number of hydrogen-bond donors (Lipinski definition) is 0. The molecule has 2 heterocycles. The Balaban J connectivity index is 1.55. The molecule has 2 aromatic carbocycles. The lowest BCUT2D eigenvalue weighted by atomic mass is 10.1. The molecule has 1 saturated heterocycles. The summed E-state index contributed by atoms with van der Waals surface area (Å²) in [5.74, 6) is 0. The number of pyridine rings is 1. The largest absolute Gasteiger partial charge is 0.368 e. The molecule has 1 fully saturated rings. The van der Waals surface area contributed by atoms with E-state index in [0.29, 0.717) is 0 Å². The molecule has 1 aliphatic rings. The van der Waals surface area contributed by atoms with Gasteiger partial charge in [0.25, 0.3) is 0 Å². The highest BCUT2D eigenvalue weighted by Crippen LogP contribution is 2.29. The number of rotatable bonds is 2. The van der Waals surface area contributed by atoms with Gasteiger partial charge < -0.3 is 9.80 Å². The molecular weight excluding hydrogens is 341 g/mol. The lowest BCUT2D eigenvalue weighted by molar-refractivity contribution is 0.655. The second-order valence-electron chi connectivity index (χ2n) is 5.94. The summed E-state index contributed by atoms with van der Waals surface area (Å²) >= 11 is 12.1. The van der Waals surface area contributed by atoms with Crippen LogP contribution >= 0.6 is 23.2 Å². The number of fused-ring (bicyclic) bond motifs is 1. The molecule has 3 nitrogen and oxygen atoms in total. The maximum Gasteiger partial charge on any atom is 0.0737 e. The number of piperazine rings is 1. The Labute approximate surface area is 151 Å². The number of aromatic nitrogens is 1. The Morgan fingerprint density at radius 2 is 1.42 bits per heavy atom. The highest BCUT2D eigenvalue weighted by molar-refractivity contribution is 6.31. The van der Waals surface area contributed by atoms with Crippen molar-refractivity contribution in [2.45, 2.75) is 0 Å². The SMILES string of the molecule is Clc1ccc(N2CCN(c3ccnc4cc(Cl)ccc34)CC2)cc1. The van der Waals surface area contributed by atoms with E-state index in [1.54, 1.807) is 0 Å². The van der Waals surface area contributed by atoms with Crippen LogP contribution in [0.2, 0.25) is 10.0 Å². The molecule has 0 aliphatic carbocycles. The molecule has 0 saturated carbocycles. The first-order chi connectivity index (χ1) is 11.7. The average Bonchev–Trinajstić information content (AvgIpc) is 2.62. The van der Waals surface area contributed by atoms with Crippen LogP contribution in [0.25, 0.3) is 10.9 Å². The summed E-state index contributed by atoms with van der Waals surface area (Å²) in [4.78, 5) is 9.25. The molecule has 0 spiro atoms. The molecular formula is C19H17Cl2N3. The Morgan fingerprint density at radius 3 is 2.17 bits per heavy atom. The highest BCUT2D eigenvalue weighted by Gasteiger charge is 2.19. The fourth-order valence-corrected chi connectivity index (χ4v) is 3.53. The summed E-state index contributed by atoms with van der Waals surface area (Å²) in [5.41, 5.74) is 3.40. The number of halogens is 2. The Bertz CT molecular complexity index is 856. The van der Waals surface area contributed by atoms with Gasteiger partial charge in [-0.1, -0.05) is 23.2 Å². The lowest BCUT2D eigenvalue weighted by Gasteiger charge is -2.37. The third-order valence-electron chi connectivity index (χ3n) is 4.49. The summed E-state index contributed by atoms with van der Waals surface area (Å²) in [7, 11) is 0. The third kappa shape index (κ3) is 3.02. The van der Waals surface area contributed by atoms with Crippen molar-refractivity contribution in [3.05, 3.63) is 64.8 Å². The van der Waals surface area contributed by atoms with E-state index >= 15 is 0 Å². The van der Waals surface area contributed by atoms with Crippen molar-refractivity contribution in [1.82, 2.24) is 4.98 Å². The third-order valence-corrected chi connectivity index (χ3v) is 4.98. The van der Waals surface area contributed by atoms with Crippen molar-refractivity contribution < 1.29 is 0 Å². The monoisotopic (exact) mass is 357 g/mol. The number of nitrogens with zero attached hydrogens (tertiary/aromatic N) is 3. The van der Waals surface area contributed by atoms with Crippen LogP contribution in [0.5, 0.6) is 0 Å². The molecule has 122 valence electrons. The minimum atomic E-state index is 0.722. The van der Waals surface area contributed by atoms with Crippen molar-refractivity contribution in [2.24, 2.45) is 0 Å². The van der Waals surface area contributed by atoms with Crippen LogP contribution in [-0.4, -0.2) is 31.2 Å². The van der Waals surface area contributed by atoms with E-state index in [2.05, 4.69) is 39.0 Å². The maximum atomic E-state index is 6.09. The molecule has 1 aliphatic heterocycles. The summed E-state index contributed by atoms with van der Waals surface area (Å²) in [6.45, 7) is 3.92. The minimum absolute atomic E-state index is 0.722. The van der Waals surface area contributed by atoms with Crippen molar-refractivity contribution >= 4 is 45.5 Å². The zero-order valence-corrected chi connectivity index (χ0v) is 14.6. The van der Waals surface area contributed by atoms with Crippen LogP contribution in [0.3, 0.4) is 0 Å². The Hall–Kier alpha value is -1.97. The van der Waals surface area contributed by atoms with E-state index in [1.165, 1.54) is 11.4 Å². The maximum absolute atomic E-state index is 6.09. The molecule has 4 rings (SSSR count). The van der Waals surface area contributed by atoms with Gasteiger partial charge in [0.1, 0.15) is 0 Å². The predicted molar refractivity (Wildman–Crippen MR) is 103 cm³/mol. The molecule has 0 unspecified atom stereocenters. The van der Waals surface area contributed by atoms with Gasteiger partial charge in [0.05, 0.1) is 5.52 Å². The lowest BCUT2D eigenvalue weighted by Crippen LogP contribution is -2.46. The molecule has 0 N–H and O–H groups in total. The van der Waals surface area contributed by atoms with Crippen LogP contribution in [-0.2, 0) is 0 Å². The molecule has 5 heteroatoms. The van der Waals surface area contributed by atoms with Crippen molar-refractivity contribution in [2.75, 3.05) is 36.0 Å². The summed E-state index contributed by atoms with van der Waals surface area (Å²) < 4.78 is 0. The van der Waals surface area contributed by atoms with E-state index in [0.717, 1.165) is 47.1 Å². The van der Waals surface area contributed by atoms with Gasteiger partial charge in [-0.3, -0.25) is 4.98 Å². The number of hydrogen-bond acceptors (Lipinski definition) is 3. The van der Waals surface area contributed by atoms with Crippen LogP contribution in [0.1, 0.15) is 0 Å². The van der Waals surface area contributed by atoms with Crippen LogP contribution in [0, 0.1) is 0 Å². The van der Waals surface area contributed by atoms with Gasteiger partial charge in [-0.05, 0) is 48.5 Å². The zero-order valence-electron chi connectivity index (χ0n) is 13.1. The topological polar surface area (TPSA) is 19.4 Å². The molecule has 0 radical (unpaired) electrons. The molecule has 0 atom stereocenters. The number of anilines is 2. The van der Waals surface area contributed by atoms with Crippen molar-refractivity contribution in [3.8, 4) is 0 Å². The summed E-state index contributed by atoms with van der Waals surface area (Å²) in [5, 5.41) is 2.65. The first-order valence-corrected chi connectivity index (χ1v) is 8.76. The molecule has 0 bridgehead atoms. The Morgan fingerprint density at radius 1 is 0.750 bits per heavy atom. The van der Waals surface area contributed by atoms with Crippen molar-refractivity contribution in [3.63, 3.8) is 0 Å². The van der Waals surface area contributed by atoms with E-state index in [4.69, 9.17) is 23.2 Å². The summed E-state index contributed by atoms with van der Waals surface area (Å²) in [6.07, 6.45) is 1.86. The van der Waals surface area contributed by atoms with E-state index in [-0.39, 0.29) is 0 Å². The van der Waals surface area contributed by atoms with Crippen LogP contribution in [0.4, 0.5) is 11.4 Å². The van der Waals surface area contributed by atoms with E-state index in [9.17, 15) is 0 Å². The van der Waals surface area contributed by atoms with Crippen LogP contribution < -0.4 is 9.80 Å². The normalized spacial score (nSPS) is 15.1. The van der Waals surface area contributed by atoms with Gasteiger partial charge in [0, 0.05) is 59.2 Å². The predicted octanol–water partition coefficient (Wildman–Crippen LogP) is 4.87. The molecule has 24 heavy (non-hydrogen) atoms. The van der Waals surface area contributed by atoms with Gasteiger partial charge in [-0.2, -0.15) is 0 Å². The van der Waals surface area contributed by atoms with E-state index in [1.807, 2.05) is 30.5 Å². The van der Waals surface area contributed by atoms with Crippen LogP contribution in [0.15, 0.2) is 54.7 Å². The fraction of sp³-hybridized carbons (Fsp3) is 0.211. The van der Waals surface area contributed by atoms with E-state index < -0.39 is 0 Å². The minimum Gasteiger partial charge on any atom is -0.368 e. The smallest absolute Gasteiger partial charge is 0.0737 e. The number of benzene rings is 2. The quantitative estimate of drug-likeness (QED) is 0.652. The fourth-order valence-electron chi connectivity index (χ4n) is 3.24. The second kappa shape index (κ2) is 6.50. The molecule has 1 aromatic heterocycles. The summed E-state index contributed by atoms with van der Waals surface area (Å²) in [6, 6.07) is 16.1. The van der Waals surface area contributed by atoms with Crippen molar-refractivity contribution in [1.29, 1.82) is 0 Å². The first kappa shape index (κ1) is 15.6. The average molecular weight is 358 g/mol. The first-order valence-electron chi connectivity index (χ1n) is 8.00. The second-order valence-corrected chi connectivity index (χ2v) is 6.81. The zero-order chi connectivity index (χ0) is 16.5.